The van der Waals surface area contributed by atoms with E-state index >= 15 is 0 Å². The molecule has 0 aromatic heterocycles. The van der Waals surface area contributed by atoms with Gasteiger partial charge in [-0.15, -0.1) is 0 Å². The summed E-state index contributed by atoms with van der Waals surface area (Å²) in [6.07, 6.45) is 1.43. The van der Waals surface area contributed by atoms with Crippen LogP contribution in [0.2, 0.25) is 0 Å². The maximum atomic E-state index is 5.54. The van der Waals surface area contributed by atoms with Crippen molar-refractivity contribution in [2.45, 2.75) is 38.6 Å². The average molecular weight is 235 g/mol. The molecule has 1 fully saturated rings. The molecule has 0 spiro atoms. The summed E-state index contributed by atoms with van der Waals surface area (Å²) < 4.78 is 10.8. The molecule has 1 aliphatic heterocycles. The van der Waals surface area contributed by atoms with Crippen LogP contribution in [-0.4, -0.2) is 25.9 Å². The Bertz CT molecular complexity index is 354. The van der Waals surface area contributed by atoms with Crippen molar-refractivity contribution in [2.24, 2.45) is 0 Å². The maximum Gasteiger partial charge on any atom is 0.0716 e. The molecule has 1 aliphatic rings. The zero-order valence-corrected chi connectivity index (χ0v) is 10.6. The Kier molecular flexibility index (Phi) is 4.54. The van der Waals surface area contributed by atoms with E-state index in [9.17, 15) is 0 Å². The van der Waals surface area contributed by atoms with Gasteiger partial charge in [0, 0.05) is 26.3 Å². The Balaban J connectivity index is 1.93. The van der Waals surface area contributed by atoms with E-state index in [0.29, 0.717) is 18.8 Å². The number of ether oxygens (including phenoxy) is 2. The summed E-state index contributed by atoms with van der Waals surface area (Å²) in [7, 11) is 1.73. The highest BCUT2D eigenvalue weighted by atomic mass is 16.5. The van der Waals surface area contributed by atoms with Crippen LogP contribution in [0.3, 0.4) is 0 Å². The Labute approximate surface area is 103 Å². The zero-order chi connectivity index (χ0) is 12.1. The molecular weight excluding hydrogens is 214 g/mol. The van der Waals surface area contributed by atoms with Crippen molar-refractivity contribution >= 4 is 0 Å². The molecule has 1 aromatic rings. The number of methoxy groups -OCH3 is 1. The van der Waals surface area contributed by atoms with E-state index in [-0.39, 0.29) is 0 Å². The Morgan fingerprint density at radius 1 is 1.35 bits per heavy atom. The van der Waals surface area contributed by atoms with E-state index < -0.39 is 0 Å². The quantitative estimate of drug-likeness (QED) is 0.848. The van der Waals surface area contributed by atoms with Gasteiger partial charge in [-0.25, -0.2) is 0 Å². The molecule has 0 radical (unpaired) electrons. The second-order valence-corrected chi connectivity index (χ2v) is 4.55. The van der Waals surface area contributed by atoms with Gasteiger partial charge < -0.3 is 14.8 Å². The lowest BCUT2D eigenvalue weighted by atomic mass is 10.1. The van der Waals surface area contributed by atoms with Gasteiger partial charge in [-0.3, -0.25) is 0 Å². The van der Waals surface area contributed by atoms with Gasteiger partial charge in [0.05, 0.1) is 12.7 Å². The number of rotatable bonds is 5. The van der Waals surface area contributed by atoms with Crippen LogP contribution in [-0.2, 0) is 22.6 Å². The minimum Gasteiger partial charge on any atom is -0.380 e. The SMILES string of the molecule is COCc1ccccc1CNC1CCOC1C. The Hall–Kier alpha value is -0.900. The third kappa shape index (κ3) is 3.28. The largest absolute Gasteiger partial charge is 0.380 e. The van der Waals surface area contributed by atoms with E-state index in [2.05, 4.69) is 36.5 Å². The average Bonchev–Trinajstić information content (AvgIpc) is 2.74. The lowest BCUT2D eigenvalue weighted by Crippen LogP contribution is -2.34. The molecule has 0 saturated carbocycles. The van der Waals surface area contributed by atoms with Crippen molar-refractivity contribution in [2.75, 3.05) is 13.7 Å². The van der Waals surface area contributed by atoms with Crippen molar-refractivity contribution in [3.8, 4) is 0 Å². The fourth-order valence-corrected chi connectivity index (χ4v) is 2.27. The first-order chi connectivity index (χ1) is 8.31. The molecule has 1 aromatic carbocycles. The highest BCUT2D eigenvalue weighted by Gasteiger charge is 2.23. The van der Waals surface area contributed by atoms with Gasteiger partial charge in [-0.2, -0.15) is 0 Å². The molecule has 2 rings (SSSR count). The standard InChI is InChI=1S/C14H21NO2/c1-11-14(7-8-17-11)15-9-12-5-3-4-6-13(12)10-16-2/h3-6,11,14-15H,7-10H2,1-2H3. The number of benzene rings is 1. The van der Waals surface area contributed by atoms with Crippen molar-refractivity contribution in [1.29, 1.82) is 0 Å². The van der Waals surface area contributed by atoms with Crippen molar-refractivity contribution in [3.63, 3.8) is 0 Å². The molecule has 17 heavy (non-hydrogen) atoms. The summed E-state index contributed by atoms with van der Waals surface area (Å²) in [6.45, 7) is 4.57. The molecule has 1 heterocycles. The first kappa shape index (κ1) is 12.6. The second-order valence-electron chi connectivity index (χ2n) is 4.55. The topological polar surface area (TPSA) is 30.5 Å². The highest BCUT2D eigenvalue weighted by Crippen LogP contribution is 2.15. The summed E-state index contributed by atoms with van der Waals surface area (Å²) in [5.41, 5.74) is 2.57. The molecule has 0 aliphatic carbocycles. The Morgan fingerprint density at radius 2 is 2.12 bits per heavy atom. The van der Waals surface area contributed by atoms with Crippen LogP contribution < -0.4 is 5.32 Å². The van der Waals surface area contributed by atoms with Crippen molar-refractivity contribution in [1.82, 2.24) is 5.32 Å². The summed E-state index contributed by atoms with van der Waals surface area (Å²) in [4.78, 5) is 0. The molecule has 1 saturated heterocycles. The lowest BCUT2D eigenvalue weighted by Gasteiger charge is -2.17. The van der Waals surface area contributed by atoms with Crippen LogP contribution >= 0.6 is 0 Å². The van der Waals surface area contributed by atoms with E-state index in [1.54, 1.807) is 7.11 Å². The van der Waals surface area contributed by atoms with E-state index in [1.165, 1.54) is 11.1 Å². The molecule has 1 N–H and O–H groups in total. The molecule has 2 atom stereocenters. The van der Waals surface area contributed by atoms with Gasteiger partial charge in [-0.05, 0) is 24.5 Å². The fraction of sp³-hybridized carbons (Fsp3) is 0.571. The van der Waals surface area contributed by atoms with Gasteiger partial charge in [0.25, 0.3) is 0 Å². The summed E-state index contributed by atoms with van der Waals surface area (Å²) in [6, 6.07) is 8.88. The van der Waals surface area contributed by atoms with E-state index in [1.807, 2.05) is 0 Å². The third-order valence-electron chi connectivity index (χ3n) is 3.35. The maximum absolute atomic E-state index is 5.54. The van der Waals surface area contributed by atoms with Crippen LogP contribution in [0.15, 0.2) is 24.3 Å². The number of nitrogens with one attached hydrogen (secondary N) is 1. The van der Waals surface area contributed by atoms with Gasteiger partial charge in [0.2, 0.25) is 0 Å². The molecule has 94 valence electrons. The number of hydrogen-bond acceptors (Lipinski definition) is 3. The van der Waals surface area contributed by atoms with Crippen LogP contribution in [0, 0.1) is 0 Å². The minimum atomic E-state index is 0.324. The molecule has 2 unspecified atom stereocenters. The van der Waals surface area contributed by atoms with Gasteiger partial charge in [0.1, 0.15) is 0 Å². The van der Waals surface area contributed by atoms with Gasteiger partial charge in [-0.1, -0.05) is 24.3 Å². The van der Waals surface area contributed by atoms with Gasteiger partial charge >= 0.3 is 0 Å². The van der Waals surface area contributed by atoms with Crippen LogP contribution in [0.5, 0.6) is 0 Å². The number of hydrogen-bond donors (Lipinski definition) is 1. The predicted molar refractivity (Wildman–Crippen MR) is 67.8 cm³/mol. The summed E-state index contributed by atoms with van der Waals surface area (Å²) >= 11 is 0. The minimum absolute atomic E-state index is 0.324. The van der Waals surface area contributed by atoms with Crippen molar-refractivity contribution < 1.29 is 9.47 Å². The molecule has 0 bridgehead atoms. The lowest BCUT2D eigenvalue weighted by molar-refractivity contribution is 0.113. The zero-order valence-electron chi connectivity index (χ0n) is 10.6. The second kappa shape index (κ2) is 6.15. The normalized spacial score (nSPS) is 24.1. The summed E-state index contributed by atoms with van der Waals surface area (Å²) in [5.74, 6) is 0. The smallest absolute Gasteiger partial charge is 0.0716 e. The monoisotopic (exact) mass is 235 g/mol. The Morgan fingerprint density at radius 3 is 2.76 bits per heavy atom. The van der Waals surface area contributed by atoms with Crippen LogP contribution in [0.25, 0.3) is 0 Å². The van der Waals surface area contributed by atoms with Gasteiger partial charge in [0.15, 0.2) is 0 Å². The van der Waals surface area contributed by atoms with Crippen LogP contribution in [0.4, 0.5) is 0 Å². The fourth-order valence-electron chi connectivity index (χ4n) is 2.27. The third-order valence-corrected chi connectivity index (χ3v) is 3.35. The molecular formula is C14H21NO2. The predicted octanol–water partition coefficient (Wildman–Crippen LogP) is 2.10. The molecule has 3 nitrogen and oxygen atoms in total. The van der Waals surface area contributed by atoms with Crippen molar-refractivity contribution in [3.05, 3.63) is 35.4 Å². The first-order valence-corrected chi connectivity index (χ1v) is 6.22. The first-order valence-electron chi connectivity index (χ1n) is 6.22. The van der Waals surface area contributed by atoms with E-state index in [4.69, 9.17) is 9.47 Å². The molecule has 3 heteroatoms. The summed E-state index contributed by atoms with van der Waals surface area (Å²) in [5, 5.41) is 3.57. The van der Waals surface area contributed by atoms with E-state index in [0.717, 1.165) is 19.6 Å². The highest BCUT2D eigenvalue weighted by molar-refractivity contribution is 5.26. The van der Waals surface area contributed by atoms with Crippen LogP contribution in [0.1, 0.15) is 24.5 Å². The molecule has 0 amide bonds.